The van der Waals surface area contributed by atoms with E-state index in [-0.39, 0.29) is 5.91 Å². The van der Waals surface area contributed by atoms with Gasteiger partial charge in [0.2, 0.25) is 0 Å². The molecule has 5 rings (SSSR count). The summed E-state index contributed by atoms with van der Waals surface area (Å²) >= 11 is 0. The van der Waals surface area contributed by atoms with Crippen molar-refractivity contribution < 1.29 is 4.79 Å². The van der Waals surface area contributed by atoms with Crippen LogP contribution in [0.4, 0.5) is 0 Å². The first-order valence-electron chi connectivity index (χ1n) is 10.5. The van der Waals surface area contributed by atoms with Gasteiger partial charge in [0.25, 0.3) is 5.91 Å². The number of aryl methyl sites for hydroxylation is 1. The highest BCUT2D eigenvalue weighted by molar-refractivity contribution is 5.98. The maximum Gasteiger partial charge on any atom is 0.267 e. The van der Waals surface area contributed by atoms with Crippen molar-refractivity contribution in [2.24, 2.45) is 11.3 Å². The molecule has 30 heavy (non-hydrogen) atoms. The van der Waals surface area contributed by atoms with Gasteiger partial charge in [-0.05, 0) is 61.3 Å². The summed E-state index contributed by atoms with van der Waals surface area (Å²) in [4.78, 5) is 26.1. The minimum Gasteiger partial charge on any atom is -0.357 e. The van der Waals surface area contributed by atoms with E-state index in [0.717, 1.165) is 54.4 Å². The Morgan fingerprint density at radius 1 is 1.27 bits per heavy atom. The highest BCUT2D eigenvalue weighted by Crippen LogP contribution is 2.59. The minimum absolute atomic E-state index is 0.0560. The van der Waals surface area contributed by atoms with E-state index in [2.05, 4.69) is 25.2 Å². The summed E-state index contributed by atoms with van der Waals surface area (Å²) in [5, 5.41) is 12.6. The lowest BCUT2D eigenvalue weighted by molar-refractivity contribution is 0.0944. The molecule has 7 nitrogen and oxygen atoms in total. The number of H-pyrrole nitrogens is 1. The summed E-state index contributed by atoms with van der Waals surface area (Å²) < 4.78 is 0. The zero-order chi connectivity index (χ0) is 20.7. The van der Waals surface area contributed by atoms with Gasteiger partial charge >= 0.3 is 0 Å². The maximum absolute atomic E-state index is 12.5. The highest BCUT2D eigenvalue weighted by Gasteiger charge is 2.54. The molecule has 154 valence electrons. The summed E-state index contributed by atoms with van der Waals surface area (Å²) in [5.74, 6) is 1.05. The Kier molecular flexibility index (Phi) is 4.53. The number of carbonyl (C=O) groups excluding carboxylic acids is 1. The second-order valence-electron chi connectivity index (χ2n) is 8.65. The van der Waals surface area contributed by atoms with Crippen molar-refractivity contribution in [2.75, 3.05) is 19.6 Å². The first kappa shape index (κ1) is 18.8. The number of aromatic nitrogens is 3. The molecule has 1 unspecified atom stereocenters. The van der Waals surface area contributed by atoms with Crippen LogP contribution in [0.5, 0.6) is 0 Å². The Bertz CT molecular complexity index is 1080. The summed E-state index contributed by atoms with van der Waals surface area (Å²) in [6.07, 6.45) is 10.4. The molecule has 1 atom stereocenters. The zero-order valence-corrected chi connectivity index (χ0v) is 17.1. The van der Waals surface area contributed by atoms with E-state index in [0.29, 0.717) is 29.4 Å². The van der Waals surface area contributed by atoms with Crippen LogP contribution >= 0.6 is 0 Å². The van der Waals surface area contributed by atoms with Gasteiger partial charge in [0.1, 0.15) is 11.5 Å². The number of rotatable bonds is 4. The number of piperidine rings is 1. The van der Waals surface area contributed by atoms with Crippen molar-refractivity contribution in [1.29, 1.82) is 5.41 Å². The van der Waals surface area contributed by atoms with E-state index >= 15 is 0 Å². The van der Waals surface area contributed by atoms with E-state index in [1.807, 2.05) is 25.1 Å². The number of aromatic amines is 1. The van der Waals surface area contributed by atoms with Gasteiger partial charge in [-0.1, -0.05) is 0 Å². The number of likely N-dealkylation sites (tertiary alicyclic amines) is 1. The molecule has 0 bridgehead atoms. The third kappa shape index (κ3) is 3.34. The van der Waals surface area contributed by atoms with E-state index in [9.17, 15) is 4.79 Å². The molecule has 1 saturated heterocycles. The second kappa shape index (κ2) is 7.23. The Balaban J connectivity index is 1.14. The summed E-state index contributed by atoms with van der Waals surface area (Å²) in [6.45, 7) is 4.53. The monoisotopic (exact) mass is 402 g/mol. The molecule has 0 radical (unpaired) electrons. The Morgan fingerprint density at radius 2 is 2.03 bits per heavy atom. The normalized spacial score (nSPS) is 19.8. The smallest absolute Gasteiger partial charge is 0.267 e. The van der Waals surface area contributed by atoms with E-state index < -0.39 is 0 Å². The van der Waals surface area contributed by atoms with Crippen LogP contribution < -0.4 is 5.32 Å². The number of amides is 1. The van der Waals surface area contributed by atoms with Crippen LogP contribution in [0, 0.1) is 23.7 Å². The Hall–Kier alpha value is -3.22. The Labute approximate surface area is 175 Å². The molecule has 3 aromatic heterocycles. The quantitative estimate of drug-likeness (QED) is 0.461. The number of amidine groups is 1. The van der Waals surface area contributed by atoms with Crippen molar-refractivity contribution in [1.82, 2.24) is 25.2 Å². The van der Waals surface area contributed by atoms with Gasteiger partial charge in [0, 0.05) is 60.9 Å². The first-order chi connectivity index (χ1) is 14.6. The minimum atomic E-state index is -0.0560. The topological polar surface area (TPSA) is 97.8 Å². The summed E-state index contributed by atoms with van der Waals surface area (Å²) in [6, 6.07) is 5.68. The van der Waals surface area contributed by atoms with Crippen LogP contribution in [0.15, 0.2) is 43.0 Å². The average Bonchev–Trinajstić information content (AvgIpc) is 3.24. The third-order valence-corrected chi connectivity index (χ3v) is 6.90. The molecule has 2 aliphatic rings. The molecule has 1 saturated carbocycles. The second-order valence-corrected chi connectivity index (χ2v) is 8.65. The van der Waals surface area contributed by atoms with Crippen molar-refractivity contribution in [3.8, 4) is 0 Å². The van der Waals surface area contributed by atoms with Gasteiger partial charge in [-0.25, -0.2) is 0 Å². The van der Waals surface area contributed by atoms with Gasteiger partial charge in [-0.3, -0.25) is 20.2 Å². The highest BCUT2D eigenvalue weighted by atomic mass is 16.1. The van der Waals surface area contributed by atoms with Crippen LogP contribution in [0.25, 0.3) is 10.9 Å². The molecule has 0 aromatic carbocycles. The van der Waals surface area contributed by atoms with E-state index in [1.54, 1.807) is 24.8 Å². The zero-order valence-electron chi connectivity index (χ0n) is 17.1. The average molecular weight is 403 g/mol. The van der Waals surface area contributed by atoms with Gasteiger partial charge in [-0.15, -0.1) is 0 Å². The van der Waals surface area contributed by atoms with Gasteiger partial charge in [-0.2, -0.15) is 0 Å². The fourth-order valence-corrected chi connectivity index (χ4v) is 4.80. The van der Waals surface area contributed by atoms with E-state index in [1.165, 1.54) is 0 Å². The van der Waals surface area contributed by atoms with E-state index in [4.69, 9.17) is 5.41 Å². The molecule has 2 fully saturated rings. The predicted octanol–water partition coefficient (Wildman–Crippen LogP) is 3.12. The van der Waals surface area contributed by atoms with Crippen LogP contribution in [0.3, 0.4) is 0 Å². The molecule has 1 spiro atoms. The van der Waals surface area contributed by atoms with Gasteiger partial charge < -0.3 is 15.2 Å². The number of hydrogen-bond donors (Lipinski definition) is 3. The maximum atomic E-state index is 12.5. The Morgan fingerprint density at radius 3 is 2.80 bits per heavy atom. The van der Waals surface area contributed by atoms with Gasteiger partial charge in [0.05, 0.1) is 0 Å². The van der Waals surface area contributed by atoms with Crippen molar-refractivity contribution in [3.63, 3.8) is 0 Å². The molecule has 4 heterocycles. The molecule has 1 amide bonds. The van der Waals surface area contributed by atoms with Gasteiger partial charge in [0.15, 0.2) is 0 Å². The lowest BCUT2D eigenvalue weighted by Crippen LogP contribution is -2.40. The number of nitrogens with zero attached hydrogens (tertiary/aromatic N) is 3. The number of nitrogens with one attached hydrogen (secondary N) is 3. The lowest BCUT2D eigenvalue weighted by Gasteiger charge is -2.35. The molecular weight excluding hydrogens is 376 g/mol. The molecule has 7 heteroatoms. The number of hydrogen-bond acceptors (Lipinski definition) is 4. The molecule has 3 N–H and O–H groups in total. The predicted molar refractivity (Wildman–Crippen MR) is 116 cm³/mol. The van der Waals surface area contributed by atoms with Crippen LogP contribution in [-0.2, 0) is 0 Å². The van der Waals surface area contributed by atoms with Crippen LogP contribution in [0.2, 0.25) is 0 Å². The molecular formula is C23H26N6O. The van der Waals surface area contributed by atoms with Crippen molar-refractivity contribution >= 4 is 22.6 Å². The summed E-state index contributed by atoms with van der Waals surface area (Å²) in [5.41, 5.74) is 3.86. The third-order valence-electron chi connectivity index (χ3n) is 6.90. The fourth-order valence-electron chi connectivity index (χ4n) is 4.80. The number of pyridine rings is 2. The first-order valence-corrected chi connectivity index (χ1v) is 10.5. The summed E-state index contributed by atoms with van der Waals surface area (Å²) in [7, 11) is 0. The lowest BCUT2D eigenvalue weighted by atomic mass is 9.90. The fraction of sp³-hybridized carbons (Fsp3) is 0.391. The SMILES string of the molecule is Cc1ccncc1C(=N)N1CCC2(CC1)CC2CNC(=O)c1cc2cnccc2[nH]1. The molecule has 3 aromatic rings. The number of carbonyl (C=O) groups is 1. The van der Waals surface area contributed by atoms with Crippen LogP contribution in [-0.4, -0.2) is 51.2 Å². The van der Waals surface area contributed by atoms with Crippen molar-refractivity contribution in [3.05, 3.63) is 59.8 Å². The van der Waals surface area contributed by atoms with Crippen LogP contribution in [0.1, 0.15) is 40.9 Å². The number of fused-ring (bicyclic) bond motifs is 1. The molecule has 1 aliphatic carbocycles. The molecule has 1 aliphatic heterocycles. The van der Waals surface area contributed by atoms with Crippen molar-refractivity contribution in [2.45, 2.75) is 26.2 Å². The standard InChI is InChI=1S/C23H26N6O/c1-15-2-6-26-14-18(15)21(24)29-8-4-23(5-9-29)11-17(23)13-27-22(30)20-10-16-12-25-7-3-19(16)28-20/h2-3,6-7,10,12,14,17,24,28H,4-5,8-9,11,13H2,1H3,(H,27,30). The largest absolute Gasteiger partial charge is 0.357 e.